The van der Waals surface area contributed by atoms with Gasteiger partial charge in [0, 0.05) is 18.8 Å². The Labute approximate surface area is 103 Å². The zero-order chi connectivity index (χ0) is 12.8. The number of rotatable bonds is 4. The first-order valence-electron chi connectivity index (χ1n) is 5.90. The van der Waals surface area contributed by atoms with Crippen LogP contribution in [0.15, 0.2) is 18.2 Å². The molecule has 4 heteroatoms. The van der Waals surface area contributed by atoms with Crippen LogP contribution in [-0.2, 0) is 0 Å². The summed E-state index contributed by atoms with van der Waals surface area (Å²) < 4.78 is 0. The van der Waals surface area contributed by atoms with Crippen molar-refractivity contribution in [1.29, 1.82) is 0 Å². The molecule has 0 fully saturated rings. The normalized spacial score (nSPS) is 10.4. The number of anilines is 1. The van der Waals surface area contributed by atoms with E-state index < -0.39 is 0 Å². The molecule has 0 atom stereocenters. The average Bonchev–Trinajstić information content (AvgIpc) is 2.28. The molecule has 0 bridgehead atoms. The average molecular weight is 235 g/mol. The molecule has 0 aromatic heterocycles. The number of nitrogens with two attached hydrogens (primary N) is 1. The highest BCUT2D eigenvalue weighted by Gasteiger charge is 2.11. The number of benzene rings is 1. The van der Waals surface area contributed by atoms with Crippen molar-refractivity contribution in [2.45, 2.75) is 26.7 Å². The van der Waals surface area contributed by atoms with Gasteiger partial charge in [0.25, 0.3) is 0 Å². The summed E-state index contributed by atoms with van der Waals surface area (Å²) in [6.07, 6.45) is 0. The topological polar surface area (TPSA) is 67.2 Å². The number of hydrogen-bond acceptors (Lipinski definition) is 2. The molecule has 1 aromatic rings. The van der Waals surface area contributed by atoms with E-state index in [1.54, 1.807) is 0 Å². The Morgan fingerprint density at radius 3 is 2.71 bits per heavy atom. The highest BCUT2D eigenvalue weighted by molar-refractivity contribution is 5.91. The molecule has 0 saturated carbocycles. The van der Waals surface area contributed by atoms with E-state index in [0.29, 0.717) is 19.0 Å². The van der Waals surface area contributed by atoms with E-state index in [9.17, 15) is 4.79 Å². The predicted octanol–water partition coefficient (Wildman–Crippen LogP) is 2.20. The van der Waals surface area contributed by atoms with Gasteiger partial charge in [-0.2, -0.15) is 0 Å². The SMILES string of the molecule is Cc1cccc(C(C)C)c1NC(=O)NCCN. The van der Waals surface area contributed by atoms with E-state index in [4.69, 9.17) is 5.73 Å². The molecule has 1 rings (SSSR count). The summed E-state index contributed by atoms with van der Waals surface area (Å²) >= 11 is 0. The molecule has 0 heterocycles. The van der Waals surface area contributed by atoms with Gasteiger partial charge < -0.3 is 16.4 Å². The van der Waals surface area contributed by atoms with Gasteiger partial charge in [-0.05, 0) is 24.0 Å². The maximum absolute atomic E-state index is 11.6. The van der Waals surface area contributed by atoms with Gasteiger partial charge in [0.2, 0.25) is 0 Å². The van der Waals surface area contributed by atoms with E-state index in [-0.39, 0.29) is 6.03 Å². The first kappa shape index (κ1) is 13.5. The van der Waals surface area contributed by atoms with Gasteiger partial charge in [0.05, 0.1) is 0 Å². The van der Waals surface area contributed by atoms with Crippen molar-refractivity contribution in [3.8, 4) is 0 Å². The lowest BCUT2D eigenvalue weighted by Gasteiger charge is -2.16. The number of urea groups is 1. The fraction of sp³-hybridized carbons (Fsp3) is 0.462. The van der Waals surface area contributed by atoms with Crippen LogP contribution in [0.1, 0.15) is 30.9 Å². The molecule has 0 unspecified atom stereocenters. The second-order valence-electron chi connectivity index (χ2n) is 4.36. The van der Waals surface area contributed by atoms with Crippen molar-refractivity contribution in [2.75, 3.05) is 18.4 Å². The summed E-state index contributed by atoms with van der Waals surface area (Å²) in [6.45, 7) is 7.13. The summed E-state index contributed by atoms with van der Waals surface area (Å²) in [5.74, 6) is 0.375. The number of para-hydroxylation sites is 1. The molecular weight excluding hydrogens is 214 g/mol. The smallest absolute Gasteiger partial charge is 0.319 e. The number of carbonyl (C=O) groups excluding carboxylic acids is 1. The van der Waals surface area contributed by atoms with Gasteiger partial charge in [-0.3, -0.25) is 0 Å². The summed E-state index contributed by atoms with van der Waals surface area (Å²) in [5.41, 5.74) is 8.45. The molecule has 0 saturated heterocycles. The second kappa shape index (κ2) is 6.25. The van der Waals surface area contributed by atoms with Crippen LogP contribution < -0.4 is 16.4 Å². The third-order valence-corrected chi connectivity index (χ3v) is 2.60. The van der Waals surface area contributed by atoms with Crippen molar-refractivity contribution >= 4 is 11.7 Å². The van der Waals surface area contributed by atoms with Gasteiger partial charge in [-0.15, -0.1) is 0 Å². The fourth-order valence-corrected chi connectivity index (χ4v) is 1.69. The molecule has 0 aliphatic heterocycles. The molecular formula is C13H21N3O. The van der Waals surface area contributed by atoms with Crippen LogP contribution in [0.2, 0.25) is 0 Å². The van der Waals surface area contributed by atoms with Crippen LogP contribution in [0.25, 0.3) is 0 Å². The summed E-state index contributed by atoms with van der Waals surface area (Å²) in [4.78, 5) is 11.6. The van der Waals surface area contributed by atoms with Crippen LogP contribution in [0.5, 0.6) is 0 Å². The molecule has 4 N–H and O–H groups in total. The Kier molecular flexibility index (Phi) is 4.97. The Hall–Kier alpha value is -1.55. The lowest BCUT2D eigenvalue weighted by molar-refractivity contribution is 0.252. The maximum atomic E-state index is 11.6. The van der Waals surface area contributed by atoms with E-state index in [1.807, 2.05) is 25.1 Å². The third kappa shape index (κ3) is 3.75. The Balaban J connectivity index is 2.85. The molecule has 0 spiro atoms. The summed E-state index contributed by atoms with van der Waals surface area (Å²) in [7, 11) is 0. The largest absolute Gasteiger partial charge is 0.337 e. The molecule has 17 heavy (non-hydrogen) atoms. The first-order valence-corrected chi connectivity index (χ1v) is 5.90. The van der Waals surface area contributed by atoms with Gasteiger partial charge >= 0.3 is 6.03 Å². The Bertz CT molecular complexity index is 388. The standard InChI is InChI=1S/C13H21N3O/c1-9(2)11-6-4-5-10(3)12(11)16-13(17)15-8-7-14/h4-6,9H,7-8,14H2,1-3H3,(H2,15,16,17). The van der Waals surface area contributed by atoms with Crippen LogP contribution >= 0.6 is 0 Å². The highest BCUT2D eigenvalue weighted by Crippen LogP contribution is 2.27. The minimum Gasteiger partial charge on any atom is -0.337 e. The molecule has 4 nitrogen and oxygen atoms in total. The zero-order valence-corrected chi connectivity index (χ0v) is 10.7. The van der Waals surface area contributed by atoms with Crippen molar-refractivity contribution in [2.24, 2.45) is 5.73 Å². The molecule has 0 aliphatic carbocycles. The van der Waals surface area contributed by atoms with E-state index >= 15 is 0 Å². The lowest BCUT2D eigenvalue weighted by Crippen LogP contribution is -2.33. The van der Waals surface area contributed by atoms with Gasteiger partial charge in [-0.1, -0.05) is 32.0 Å². The number of aryl methyl sites for hydroxylation is 1. The number of hydrogen-bond donors (Lipinski definition) is 3. The van der Waals surface area contributed by atoms with E-state index in [1.165, 1.54) is 0 Å². The maximum Gasteiger partial charge on any atom is 0.319 e. The molecule has 0 radical (unpaired) electrons. The summed E-state index contributed by atoms with van der Waals surface area (Å²) in [6, 6.07) is 5.83. The first-order chi connectivity index (χ1) is 8.06. The fourth-order valence-electron chi connectivity index (χ4n) is 1.69. The Morgan fingerprint density at radius 1 is 1.41 bits per heavy atom. The second-order valence-corrected chi connectivity index (χ2v) is 4.36. The van der Waals surface area contributed by atoms with Crippen LogP contribution in [-0.4, -0.2) is 19.1 Å². The van der Waals surface area contributed by atoms with Gasteiger partial charge in [-0.25, -0.2) is 4.79 Å². The summed E-state index contributed by atoms with van der Waals surface area (Å²) in [5, 5.41) is 5.59. The molecule has 0 aliphatic rings. The van der Waals surface area contributed by atoms with E-state index in [2.05, 4.69) is 24.5 Å². The lowest BCUT2D eigenvalue weighted by atomic mass is 9.98. The van der Waals surface area contributed by atoms with Gasteiger partial charge in [0.1, 0.15) is 0 Å². The van der Waals surface area contributed by atoms with Crippen LogP contribution in [0.3, 0.4) is 0 Å². The number of carbonyl (C=O) groups is 1. The Morgan fingerprint density at radius 2 is 2.12 bits per heavy atom. The van der Waals surface area contributed by atoms with Crippen LogP contribution in [0, 0.1) is 6.92 Å². The van der Waals surface area contributed by atoms with Crippen molar-refractivity contribution in [3.63, 3.8) is 0 Å². The monoisotopic (exact) mass is 235 g/mol. The zero-order valence-electron chi connectivity index (χ0n) is 10.7. The number of nitrogens with one attached hydrogen (secondary N) is 2. The van der Waals surface area contributed by atoms with Crippen molar-refractivity contribution < 1.29 is 4.79 Å². The minimum atomic E-state index is -0.202. The molecule has 2 amide bonds. The van der Waals surface area contributed by atoms with Gasteiger partial charge in [0.15, 0.2) is 0 Å². The molecule has 1 aromatic carbocycles. The highest BCUT2D eigenvalue weighted by atomic mass is 16.2. The molecule has 94 valence electrons. The van der Waals surface area contributed by atoms with Crippen LogP contribution in [0.4, 0.5) is 10.5 Å². The van der Waals surface area contributed by atoms with Crippen molar-refractivity contribution in [3.05, 3.63) is 29.3 Å². The third-order valence-electron chi connectivity index (χ3n) is 2.60. The number of amides is 2. The van der Waals surface area contributed by atoms with Crippen molar-refractivity contribution in [1.82, 2.24) is 5.32 Å². The van der Waals surface area contributed by atoms with E-state index in [0.717, 1.165) is 16.8 Å². The minimum absolute atomic E-state index is 0.202. The predicted molar refractivity (Wildman–Crippen MR) is 71.3 cm³/mol. The quantitative estimate of drug-likeness (QED) is 0.749.